The fourth-order valence-corrected chi connectivity index (χ4v) is 3.08. The Morgan fingerprint density at radius 1 is 1.12 bits per heavy atom. The molecule has 3 heterocycles. The first-order valence-electron chi connectivity index (χ1n) is 8.75. The third-order valence-corrected chi connectivity index (χ3v) is 4.73. The van der Waals surface area contributed by atoms with Crippen LogP contribution in [0.25, 0.3) is 0 Å². The first-order valence-corrected chi connectivity index (χ1v) is 8.75. The van der Waals surface area contributed by atoms with Crippen LogP contribution < -0.4 is 19.7 Å². The maximum atomic E-state index is 12.4. The van der Waals surface area contributed by atoms with Crippen LogP contribution in [-0.4, -0.2) is 55.8 Å². The average molecular weight is 354 g/mol. The van der Waals surface area contributed by atoms with Gasteiger partial charge in [0.2, 0.25) is 6.79 Å². The quantitative estimate of drug-likeness (QED) is 0.897. The van der Waals surface area contributed by atoms with Crippen LogP contribution in [0.3, 0.4) is 0 Å². The summed E-state index contributed by atoms with van der Waals surface area (Å²) in [6.45, 7) is 4.64. The largest absolute Gasteiger partial charge is 0.454 e. The Kier molecular flexibility index (Phi) is 4.62. The van der Waals surface area contributed by atoms with Crippen molar-refractivity contribution in [2.45, 2.75) is 6.54 Å². The predicted molar refractivity (Wildman–Crippen MR) is 97.7 cm³/mol. The van der Waals surface area contributed by atoms with Crippen LogP contribution in [0.5, 0.6) is 11.5 Å². The molecule has 0 bridgehead atoms. The second-order valence-electron chi connectivity index (χ2n) is 6.57. The molecule has 0 aliphatic carbocycles. The molecule has 1 fully saturated rings. The Bertz CT molecular complexity index is 786. The van der Waals surface area contributed by atoms with E-state index in [-0.39, 0.29) is 12.7 Å². The summed E-state index contributed by atoms with van der Waals surface area (Å²) in [5, 5.41) is 2.92. The Hall–Kier alpha value is -2.80. The molecule has 7 heteroatoms. The normalized spacial score (nSPS) is 16.6. The van der Waals surface area contributed by atoms with Crippen molar-refractivity contribution in [1.29, 1.82) is 0 Å². The molecule has 2 aromatic rings. The van der Waals surface area contributed by atoms with Gasteiger partial charge in [-0.25, -0.2) is 4.98 Å². The van der Waals surface area contributed by atoms with E-state index < -0.39 is 0 Å². The highest BCUT2D eigenvalue weighted by Crippen LogP contribution is 2.32. The number of likely N-dealkylation sites (N-methyl/N-ethyl adjacent to an activating group) is 1. The molecule has 1 saturated heterocycles. The van der Waals surface area contributed by atoms with Crippen molar-refractivity contribution >= 4 is 11.7 Å². The van der Waals surface area contributed by atoms with Gasteiger partial charge in [0, 0.05) is 38.9 Å². The lowest BCUT2D eigenvalue weighted by atomic mass is 10.2. The van der Waals surface area contributed by atoms with Crippen LogP contribution >= 0.6 is 0 Å². The number of rotatable bonds is 4. The molecule has 0 radical (unpaired) electrons. The number of nitrogens with one attached hydrogen (secondary N) is 1. The maximum absolute atomic E-state index is 12.4. The molecule has 0 spiro atoms. The number of benzene rings is 1. The zero-order valence-corrected chi connectivity index (χ0v) is 14.8. The standard InChI is InChI=1S/C19H22N4O3/c1-22-6-8-23(9-7-22)18-5-3-15(12-20-18)19(24)21-11-14-2-4-16-17(10-14)26-13-25-16/h2-5,10,12H,6-9,11,13H2,1H3,(H,21,24). The number of aromatic nitrogens is 1. The summed E-state index contributed by atoms with van der Waals surface area (Å²) in [5.74, 6) is 2.24. The summed E-state index contributed by atoms with van der Waals surface area (Å²) < 4.78 is 10.6. The van der Waals surface area contributed by atoms with Gasteiger partial charge in [-0.3, -0.25) is 4.79 Å². The molecule has 1 amide bonds. The fraction of sp³-hybridized carbons (Fsp3) is 0.368. The SMILES string of the molecule is CN1CCN(c2ccc(C(=O)NCc3ccc4c(c3)OCO4)cn2)CC1. The van der Waals surface area contributed by atoms with Gasteiger partial charge in [0.05, 0.1) is 5.56 Å². The third-order valence-electron chi connectivity index (χ3n) is 4.73. The first kappa shape index (κ1) is 16.7. The van der Waals surface area contributed by atoms with Crippen molar-refractivity contribution in [2.24, 2.45) is 0 Å². The number of carbonyl (C=O) groups is 1. The molecule has 0 unspecified atom stereocenters. The van der Waals surface area contributed by atoms with E-state index in [1.54, 1.807) is 6.20 Å². The van der Waals surface area contributed by atoms with Crippen LogP contribution in [0.1, 0.15) is 15.9 Å². The number of piperazine rings is 1. The monoisotopic (exact) mass is 354 g/mol. The highest BCUT2D eigenvalue weighted by molar-refractivity contribution is 5.94. The Morgan fingerprint density at radius 2 is 1.92 bits per heavy atom. The van der Waals surface area contributed by atoms with E-state index in [0.29, 0.717) is 12.1 Å². The van der Waals surface area contributed by atoms with Gasteiger partial charge in [-0.2, -0.15) is 0 Å². The molecule has 2 aliphatic rings. The Labute approximate surface area is 152 Å². The van der Waals surface area contributed by atoms with Gasteiger partial charge in [0.15, 0.2) is 11.5 Å². The fourth-order valence-electron chi connectivity index (χ4n) is 3.08. The lowest BCUT2D eigenvalue weighted by Gasteiger charge is -2.33. The van der Waals surface area contributed by atoms with E-state index in [4.69, 9.17) is 9.47 Å². The van der Waals surface area contributed by atoms with Crippen molar-refractivity contribution in [3.63, 3.8) is 0 Å². The zero-order valence-electron chi connectivity index (χ0n) is 14.8. The van der Waals surface area contributed by atoms with Gasteiger partial charge in [-0.15, -0.1) is 0 Å². The number of pyridine rings is 1. The molecule has 1 N–H and O–H groups in total. The molecule has 4 rings (SSSR count). The van der Waals surface area contributed by atoms with E-state index in [0.717, 1.165) is 49.1 Å². The molecule has 7 nitrogen and oxygen atoms in total. The molecule has 1 aromatic heterocycles. The Balaban J connectivity index is 1.34. The number of ether oxygens (including phenoxy) is 2. The smallest absolute Gasteiger partial charge is 0.253 e. The zero-order chi connectivity index (χ0) is 17.9. The molecule has 136 valence electrons. The van der Waals surface area contributed by atoms with E-state index in [1.807, 2.05) is 30.3 Å². The highest BCUT2D eigenvalue weighted by atomic mass is 16.7. The van der Waals surface area contributed by atoms with Gasteiger partial charge in [0.25, 0.3) is 5.91 Å². The lowest BCUT2D eigenvalue weighted by molar-refractivity contribution is 0.0950. The second-order valence-corrected chi connectivity index (χ2v) is 6.57. The maximum Gasteiger partial charge on any atom is 0.253 e. The molecule has 0 atom stereocenters. The van der Waals surface area contributed by atoms with Crippen LogP contribution in [-0.2, 0) is 6.54 Å². The van der Waals surface area contributed by atoms with E-state index in [1.165, 1.54) is 0 Å². The van der Waals surface area contributed by atoms with Crippen molar-refractivity contribution in [1.82, 2.24) is 15.2 Å². The number of carbonyl (C=O) groups excluding carboxylic acids is 1. The highest BCUT2D eigenvalue weighted by Gasteiger charge is 2.16. The summed E-state index contributed by atoms with van der Waals surface area (Å²) in [6, 6.07) is 9.41. The van der Waals surface area contributed by atoms with Crippen molar-refractivity contribution in [3.8, 4) is 11.5 Å². The number of nitrogens with zero attached hydrogens (tertiary/aromatic N) is 3. The summed E-state index contributed by atoms with van der Waals surface area (Å²) >= 11 is 0. The molecule has 26 heavy (non-hydrogen) atoms. The van der Waals surface area contributed by atoms with Crippen LogP contribution in [0, 0.1) is 0 Å². The number of fused-ring (bicyclic) bond motifs is 1. The molecular formula is C19H22N4O3. The van der Waals surface area contributed by atoms with Gasteiger partial charge < -0.3 is 24.6 Å². The topological polar surface area (TPSA) is 66.9 Å². The van der Waals surface area contributed by atoms with E-state index in [2.05, 4.69) is 27.1 Å². The van der Waals surface area contributed by atoms with Crippen molar-refractivity contribution in [2.75, 3.05) is 44.9 Å². The van der Waals surface area contributed by atoms with E-state index in [9.17, 15) is 4.79 Å². The Morgan fingerprint density at radius 3 is 2.69 bits per heavy atom. The number of hydrogen-bond acceptors (Lipinski definition) is 6. The lowest BCUT2D eigenvalue weighted by Crippen LogP contribution is -2.44. The van der Waals surface area contributed by atoms with Gasteiger partial charge in [-0.05, 0) is 36.9 Å². The predicted octanol–water partition coefficient (Wildman–Crippen LogP) is 1.49. The van der Waals surface area contributed by atoms with Gasteiger partial charge in [0.1, 0.15) is 5.82 Å². The second kappa shape index (κ2) is 7.21. The summed E-state index contributed by atoms with van der Waals surface area (Å²) in [7, 11) is 2.12. The number of amides is 1. The molecular weight excluding hydrogens is 332 g/mol. The third kappa shape index (κ3) is 3.57. The summed E-state index contributed by atoms with van der Waals surface area (Å²) in [6.07, 6.45) is 1.64. The van der Waals surface area contributed by atoms with Crippen LogP contribution in [0.15, 0.2) is 36.5 Å². The minimum Gasteiger partial charge on any atom is -0.454 e. The average Bonchev–Trinajstić information content (AvgIpc) is 3.15. The van der Waals surface area contributed by atoms with Crippen LogP contribution in [0.2, 0.25) is 0 Å². The summed E-state index contributed by atoms with van der Waals surface area (Å²) in [5.41, 5.74) is 1.52. The summed E-state index contributed by atoms with van der Waals surface area (Å²) in [4.78, 5) is 21.4. The number of anilines is 1. The van der Waals surface area contributed by atoms with Gasteiger partial charge in [-0.1, -0.05) is 6.07 Å². The van der Waals surface area contributed by atoms with Crippen molar-refractivity contribution in [3.05, 3.63) is 47.7 Å². The molecule has 2 aliphatic heterocycles. The van der Waals surface area contributed by atoms with E-state index >= 15 is 0 Å². The van der Waals surface area contributed by atoms with Gasteiger partial charge >= 0.3 is 0 Å². The minimum absolute atomic E-state index is 0.139. The first-order chi connectivity index (χ1) is 12.7. The number of hydrogen-bond donors (Lipinski definition) is 1. The van der Waals surface area contributed by atoms with Crippen LogP contribution in [0.4, 0.5) is 5.82 Å². The molecule has 1 aromatic carbocycles. The molecule has 0 saturated carbocycles. The van der Waals surface area contributed by atoms with Crippen molar-refractivity contribution < 1.29 is 14.3 Å². The minimum atomic E-state index is -0.139.